The van der Waals surface area contributed by atoms with Gasteiger partial charge in [0.1, 0.15) is 0 Å². The van der Waals surface area contributed by atoms with Crippen molar-refractivity contribution < 1.29 is 27.8 Å². The van der Waals surface area contributed by atoms with Crippen molar-refractivity contribution in [1.82, 2.24) is 9.78 Å². The topological polar surface area (TPSA) is 64.4 Å². The molecule has 0 aliphatic heterocycles. The van der Waals surface area contributed by atoms with Gasteiger partial charge in [-0.1, -0.05) is 31.1 Å². The number of hydrogen-bond donors (Lipinski definition) is 1. The first-order valence-electron chi connectivity index (χ1n) is 10.9. The largest absolute Gasteiger partial charge is 0.481 e. The van der Waals surface area contributed by atoms with Gasteiger partial charge in [-0.2, -0.15) is 18.3 Å². The Kier molecular flexibility index (Phi) is 6.16. The number of alkyl halides is 3. The van der Waals surface area contributed by atoms with Crippen LogP contribution in [0.15, 0.2) is 30.5 Å². The molecule has 1 saturated carbocycles. The van der Waals surface area contributed by atoms with Crippen LogP contribution in [-0.4, -0.2) is 26.5 Å². The Labute approximate surface area is 184 Å². The number of aryl methyl sites for hydroxylation is 1. The van der Waals surface area contributed by atoms with E-state index in [1.54, 1.807) is 16.8 Å². The fourth-order valence-corrected chi connectivity index (χ4v) is 4.65. The molecule has 1 atom stereocenters. The molecule has 5 nitrogen and oxygen atoms in total. The Bertz CT molecular complexity index is 1020. The molecule has 8 heteroatoms. The number of aliphatic carboxylic acids is 1. The van der Waals surface area contributed by atoms with E-state index in [4.69, 9.17) is 9.84 Å². The van der Waals surface area contributed by atoms with Gasteiger partial charge in [0.2, 0.25) is 0 Å². The van der Waals surface area contributed by atoms with Gasteiger partial charge in [0.15, 0.2) is 0 Å². The van der Waals surface area contributed by atoms with Crippen molar-refractivity contribution in [2.45, 2.75) is 76.3 Å². The van der Waals surface area contributed by atoms with E-state index in [9.17, 15) is 18.0 Å². The van der Waals surface area contributed by atoms with E-state index in [1.807, 2.05) is 25.3 Å². The average molecular weight is 448 g/mol. The van der Waals surface area contributed by atoms with Crippen molar-refractivity contribution in [2.24, 2.45) is 0 Å². The second-order valence-electron chi connectivity index (χ2n) is 8.96. The van der Waals surface area contributed by atoms with Crippen LogP contribution in [0.5, 0.6) is 0 Å². The van der Waals surface area contributed by atoms with Gasteiger partial charge in [0.05, 0.1) is 36.4 Å². The zero-order valence-corrected chi connectivity index (χ0v) is 18.0. The summed E-state index contributed by atoms with van der Waals surface area (Å²) in [4.78, 5) is 10.8. The highest BCUT2D eigenvalue weighted by Crippen LogP contribution is 2.42. The molecule has 0 spiro atoms. The highest BCUT2D eigenvalue weighted by atomic mass is 19.4. The van der Waals surface area contributed by atoms with Crippen LogP contribution in [0, 0.1) is 0 Å². The Balaban J connectivity index is 1.46. The molecule has 1 heterocycles. The van der Waals surface area contributed by atoms with E-state index in [0.717, 1.165) is 36.9 Å². The zero-order chi connectivity index (χ0) is 22.9. The predicted molar refractivity (Wildman–Crippen MR) is 113 cm³/mol. The number of carbonyl (C=O) groups is 1. The van der Waals surface area contributed by atoms with Crippen molar-refractivity contribution >= 4 is 12.0 Å². The van der Waals surface area contributed by atoms with Crippen LogP contribution in [0.4, 0.5) is 13.2 Å². The van der Waals surface area contributed by atoms with Crippen LogP contribution in [0.1, 0.15) is 72.9 Å². The summed E-state index contributed by atoms with van der Waals surface area (Å²) in [6.45, 7) is 2.23. The minimum atomic E-state index is -4.39. The number of carboxylic acids is 1. The van der Waals surface area contributed by atoms with Gasteiger partial charge in [0.25, 0.3) is 0 Å². The third-order valence-corrected chi connectivity index (χ3v) is 6.35. The highest BCUT2D eigenvalue weighted by molar-refractivity contribution is 5.66. The summed E-state index contributed by atoms with van der Waals surface area (Å²) in [6, 6.07) is 4.61. The molecule has 1 aromatic carbocycles. The number of ether oxygens (including phenoxy) is 1. The maximum absolute atomic E-state index is 13.7. The van der Waals surface area contributed by atoms with E-state index < -0.39 is 23.3 Å². The Morgan fingerprint density at radius 1 is 1.31 bits per heavy atom. The van der Waals surface area contributed by atoms with Crippen LogP contribution in [0.2, 0.25) is 0 Å². The molecule has 0 bridgehead atoms. The van der Waals surface area contributed by atoms with Crippen molar-refractivity contribution in [2.75, 3.05) is 0 Å². The lowest BCUT2D eigenvalue weighted by atomic mass is 9.90. The molecular weight excluding hydrogens is 421 g/mol. The lowest BCUT2D eigenvalue weighted by Gasteiger charge is -2.29. The molecular formula is C24H27F3N2O3. The molecule has 32 heavy (non-hydrogen) atoms. The van der Waals surface area contributed by atoms with Crippen LogP contribution in [0.25, 0.3) is 6.08 Å². The van der Waals surface area contributed by atoms with Gasteiger partial charge in [-0.05, 0) is 49.0 Å². The SMILES string of the molecule is CC1(OCc2ccc(C3CCCC3)c(C(F)(F)F)c2)C=Cc2nn(CCC(=O)O)cc2C1. The van der Waals surface area contributed by atoms with Crippen LogP contribution >= 0.6 is 0 Å². The van der Waals surface area contributed by atoms with Crippen molar-refractivity contribution in [3.05, 3.63) is 58.4 Å². The van der Waals surface area contributed by atoms with E-state index in [0.29, 0.717) is 17.5 Å². The number of nitrogens with zero attached hydrogens (tertiary/aromatic N) is 2. The minimum absolute atomic E-state index is 0.0172. The average Bonchev–Trinajstić information content (AvgIpc) is 3.39. The fraction of sp³-hybridized carbons (Fsp3) is 0.500. The number of halogens is 3. The van der Waals surface area contributed by atoms with Gasteiger partial charge >= 0.3 is 12.1 Å². The normalized spacial score (nSPS) is 21.1. The van der Waals surface area contributed by atoms with Crippen LogP contribution in [0.3, 0.4) is 0 Å². The van der Waals surface area contributed by atoms with Crippen LogP contribution in [-0.2, 0) is 35.3 Å². The van der Waals surface area contributed by atoms with Gasteiger partial charge in [0, 0.05) is 18.2 Å². The Morgan fingerprint density at radius 3 is 2.75 bits per heavy atom. The van der Waals surface area contributed by atoms with E-state index in [2.05, 4.69) is 5.10 Å². The zero-order valence-electron chi connectivity index (χ0n) is 18.0. The third-order valence-electron chi connectivity index (χ3n) is 6.35. The van der Waals surface area contributed by atoms with Gasteiger partial charge < -0.3 is 9.84 Å². The molecule has 2 aliphatic rings. The summed E-state index contributed by atoms with van der Waals surface area (Å²) in [7, 11) is 0. The molecule has 172 valence electrons. The van der Waals surface area contributed by atoms with E-state index >= 15 is 0 Å². The lowest BCUT2D eigenvalue weighted by Crippen LogP contribution is -2.30. The predicted octanol–water partition coefficient (Wildman–Crippen LogP) is 5.58. The smallest absolute Gasteiger partial charge is 0.416 e. The molecule has 0 saturated heterocycles. The summed E-state index contributed by atoms with van der Waals surface area (Å²) in [6.07, 6.45) is 5.17. The fourth-order valence-electron chi connectivity index (χ4n) is 4.65. The first-order chi connectivity index (χ1) is 15.1. The Hall–Kier alpha value is -2.61. The molecule has 4 rings (SSSR count). The highest BCUT2D eigenvalue weighted by Gasteiger charge is 2.36. The molecule has 1 aromatic heterocycles. The van der Waals surface area contributed by atoms with Crippen molar-refractivity contribution in [1.29, 1.82) is 0 Å². The van der Waals surface area contributed by atoms with Gasteiger partial charge in [-0.3, -0.25) is 9.48 Å². The maximum atomic E-state index is 13.7. The number of fused-ring (bicyclic) bond motifs is 1. The first-order valence-corrected chi connectivity index (χ1v) is 10.9. The monoisotopic (exact) mass is 448 g/mol. The number of hydrogen-bond acceptors (Lipinski definition) is 3. The Morgan fingerprint density at radius 2 is 2.06 bits per heavy atom. The van der Waals surface area contributed by atoms with Crippen LogP contribution < -0.4 is 0 Å². The molecule has 0 radical (unpaired) electrons. The van der Waals surface area contributed by atoms with E-state index in [-0.39, 0.29) is 25.5 Å². The summed E-state index contributed by atoms with van der Waals surface area (Å²) in [5.41, 5.74) is 1.36. The van der Waals surface area contributed by atoms with Crippen molar-refractivity contribution in [3.8, 4) is 0 Å². The molecule has 0 amide bonds. The minimum Gasteiger partial charge on any atom is -0.481 e. The summed E-state index contributed by atoms with van der Waals surface area (Å²) in [5, 5.41) is 13.2. The summed E-state index contributed by atoms with van der Waals surface area (Å²) in [5.74, 6) is -0.907. The van der Waals surface area contributed by atoms with Crippen molar-refractivity contribution in [3.63, 3.8) is 0 Å². The molecule has 1 N–H and O–H groups in total. The second kappa shape index (κ2) is 8.73. The number of rotatable bonds is 7. The van der Waals surface area contributed by atoms with Gasteiger partial charge in [-0.15, -0.1) is 0 Å². The molecule has 2 aromatic rings. The molecule has 1 unspecified atom stereocenters. The maximum Gasteiger partial charge on any atom is 0.416 e. The quantitative estimate of drug-likeness (QED) is 0.601. The standard InChI is InChI=1S/C24H27F3N2O3/c1-23(10-8-21-18(13-23)14-29(28-21)11-9-22(30)31)32-15-16-6-7-19(17-4-2-3-5-17)20(12-16)24(25,26)27/h6-8,10,12,14,17H,2-5,9,11,13,15H2,1H3,(H,30,31). The summed E-state index contributed by atoms with van der Waals surface area (Å²) >= 11 is 0. The first kappa shape index (κ1) is 22.6. The molecule has 2 aliphatic carbocycles. The lowest BCUT2D eigenvalue weighted by molar-refractivity contribution is -0.139. The summed E-state index contributed by atoms with van der Waals surface area (Å²) < 4.78 is 48.9. The number of aromatic nitrogens is 2. The number of carboxylic acid groups (broad SMARTS) is 1. The third kappa shape index (κ3) is 5.06. The molecule has 1 fully saturated rings. The van der Waals surface area contributed by atoms with Gasteiger partial charge in [-0.25, -0.2) is 0 Å². The second-order valence-corrected chi connectivity index (χ2v) is 8.96. The number of benzene rings is 1. The van der Waals surface area contributed by atoms with E-state index in [1.165, 1.54) is 6.07 Å².